The Morgan fingerprint density at radius 1 is 1.24 bits per heavy atom. The van der Waals surface area contributed by atoms with Crippen LogP contribution in [0.25, 0.3) is 11.2 Å². The summed E-state index contributed by atoms with van der Waals surface area (Å²) in [5.41, 5.74) is 1.92. The summed E-state index contributed by atoms with van der Waals surface area (Å²) in [6, 6.07) is 9.74. The normalized spacial score (nSPS) is 11.4. The first-order valence-electron chi connectivity index (χ1n) is 7.37. The average Bonchev–Trinajstić information content (AvgIpc) is 3.01. The third kappa shape index (κ3) is 3.77. The van der Waals surface area contributed by atoms with Crippen molar-refractivity contribution >= 4 is 32.8 Å². The van der Waals surface area contributed by atoms with Crippen LogP contribution in [0.1, 0.15) is 16.2 Å². The SMILES string of the molecule is CN(c1ccc(C(=O)NCc2nc3ncccc3o2)cc1)S(C)(=O)=O. The van der Waals surface area contributed by atoms with Gasteiger partial charge in [0.2, 0.25) is 15.9 Å². The van der Waals surface area contributed by atoms with Crippen molar-refractivity contribution < 1.29 is 17.6 Å². The maximum absolute atomic E-state index is 12.2. The van der Waals surface area contributed by atoms with E-state index in [1.807, 2.05) is 0 Å². The van der Waals surface area contributed by atoms with Crippen LogP contribution >= 0.6 is 0 Å². The standard InChI is InChI=1S/C16H16N4O4S/c1-20(25(2,22)23)12-7-5-11(6-8-12)16(21)18-10-14-19-15-13(24-14)4-3-9-17-15/h3-9H,10H2,1-2H3,(H,18,21). The molecule has 0 bridgehead atoms. The number of oxazole rings is 1. The molecule has 0 aliphatic heterocycles. The summed E-state index contributed by atoms with van der Waals surface area (Å²) >= 11 is 0. The van der Waals surface area contributed by atoms with Gasteiger partial charge in [0.15, 0.2) is 11.2 Å². The number of anilines is 1. The predicted octanol–water partition coefficient (Wildman–Crippen LogP) is 1.55. The van der Waals surface area contributed by atoms with Crippen LogP contribution in [0.4, 0.5) is 5.69 Å². The summed E-state index contributed by atoms with van der Waals surface area (Å²) in [5.74, 6) is 0.0410. The highest BCUT2D eigenvalue weighted by molar-refractivity contribution is 7.92. The van der Waals surface area contributed by atoms with Crippen LogP contribution in [-0.2, 0) is 16.6 Å². The maximum Gasteiger partial charge on any atom is 0.251 e. The van der Waals surface area contributed by atoms with E-state index in [1.54, 1.807) is 42.6 Å². The Balaban J connectivity index is 1.67. The van der Waals surface area contributed by atoms with Gasteiger partial charge >= 0.3 is 0 Å². The molecule has 1 aromatic carbocycles. The third-order valence-electron chi connectivity index (χ3n) is 3.60. The monoisotopic (exact) mass is 360 g/mol. The summed E-state index contributed by atoms with van der Waals surface area (Å²) in [4.78, 5) is 20.4. The van der Waals surface area contributed by atoms with Crippen molar-refractivity contribution in [3.05, 3.63) is 54.0 Å². The smallest absolute Gasteiger partial charge is 0.251 e. The molecule has 0 saturated heterocycles. The number of fused-ring (bicyclic) bond motifs is 1. The van der Waals surface area contributed by atoms with E-state index in [-0.39, 0.29) is 12.5 Å². The molecule has 0 radical (unpaired) electrons. The zero-order valence-electron chi connectivity index (χ0n) is 13.6. The van der Waals surface area contributed by atoms with Gasteiger partial charge in [0.25, 0.3) is 5.91 Å². The quantitative estimate of drug-likeness (QED) is 0.740. The Hall–Kier alpha value is -2.94. The first kappa shape index (κ1) is 16.9. The Morgan fingerprint density at radius 3 is 2.60 bits per heavy atom. The van der Waals surface area contributed by atoms with Crippen molar-refractivity contribution in [2.75, 3.05) is 17.6 Å². The lowest BCUT2D eigenvalue weighted by Gasteiger charge is -2.16. The number of sulfonamides is 1. The Labute approximate surface area is 144 Å². The second-order valence-corrected chi connectivity index (χ2v) is 7.41. The van der Waals surface area contributed by atoms with Gasteiger partial charge in [0, 0.05) is 18.8 Å². The van der Waals surface area contributed by atoms with Crippen LogP contribution in [0.3, 0.4) is 0 Å². The van der Waals surface area contributed by atoms with E-state index in [1.165, 1.54) is 7.05 Å². The lowest BCUT2D eigenvalue weighted by molar-refractivity contribution is 0.0947. The summed E-state index contributed by atoms with van der Waals surface area (Å²) < 4.78 is 29.6. The van der Waals surface area contributed by atoms with Gasteiger partial charge in [0.1, 0.15) is 0 Å². The van der Waals surface area contributed by atoms with Crippen LogP contribution in [0.5, 0.6) is 0 Å². The molecule has 1 N–H and O–H groups in total. The minimum Gasteiger partial charge on any atom is -0.437 e. The Bertz CT molecular complexity index is 979. The van der Waals surface area contributed by atoms with Gasteiger partial charge < -0.3 is 9.73 Å². The van der Waals surface area contributed by atoms with Crippen LogP contribution < -0.4 is 9.62 Å². The molecule has 0 unspecified atom stereocenters. The fourth-order valence-electron chi connectivity index (χ4n) is 2.16. The van der Waals surface area contributed by atoms with Crippen molar-refractivity contribution in [2.45, 2.75) is 6.54 Å². The fraction of sp³-hybridized carbons (Fsp3) is 0.188. The van der Waals surface area contributed by atoms with Crippen molar-refractivity contribution in [3.63, 3.8) is 0 Å². The minimum atomic E-state index is -3.34. The molecule has 0 atom stereocenters. The number of amides is 1. The molecule has 0 fully saturated rings. The number of nitrogens with zero attached hydrogens (tertiary/aromatic N) is 3. The number of rotatable bonds is 5. The van der Waals surface area contributed by atoms with Gasteiger partial charge in [-0.2, -0.15) is 4.98 Å². The number of carbonyl (C=O) groups is 1. The molecule has 2 heterocycles. The van der Waals surface area contributed by atoms with Gasteiger partial charge in [-0.25, -0.2) is 13.4 Å². The van der Waals surface area contributed by atoms with Gasteiger partial charge in [0.05, 0.1) is 18.5 Å². The first-order valence-corrected chi connectivity index (χ1v) is 9.22. The maximum atomic E-state index is 12.2. The van der Waals surface area contributed by atoms with E-state index in [0.717, 1.165) is 10.6 Å². The molecule has 0 spiro atoms. The molecule has 0 aliphatic rings. The molecule has 3 aromatic rings. The molecular weight excluding hydrogens is 344 g/mol. The summed E-state index contributed by atoms with van der Waals surface area (Å²) in [5, 5.41) is 2.70. The molecule has 25 heavy (non-hydrogen) atoms. The minimum absolute atomic E-state index is 0.125. The van der Waals surface area contributed by atoms with Crippen molar-refractivity contribution in [3.8, 4) is 0 Å². The van der Waals surface area contributed by atoms with Crippen molar-refractivity contribution in [1.29, 1.82) is 0 Å². The number of pyridine rings is 1. The van der Waals surface area contributed by atoms with Crippen LogP contribution in [0.2, 0.25) is 0 Å². The van der Waals surface area contributed by atoms with Crippen LogP contribution in [-0.4, -0.2) is 37.6 Å². The summed E-state index contributed by atoms with van der Waals surface area (Å²) in [6.45, 7) is 0.125. The van der Waals surface area contributed by atoms with Crippen LogP contribution in [0, 0.1) is 0 Å². The van der Waals surface area contributed by atoms with Gasteiger partial charge in [-0.05, 0) is 36.4 Å². The highest BCUT2D eigenvalue weighted by atomic mass is 32.2. The van der Waals surface area contributed by atoms with Crippen LogP contribution in [0.15, 0.2) is 47.0 Å². The second kappa shape index (κ2) is 6.52. The van der Waals surface area contributed by atoms with E-state index in [0.29, 0.717) is 28.4 Å². The average molecular weight is 360 g/mol. The largest absolute Gasteiger partial charge is 0.437 e. The van der Waals surface area contributed by atoms with E-state index in [9.17, 15) is 13.2 Å². The highest BCUT2D eigenvalue weighted by Gasteiger charge is 2.13. The van der Waals surface area contributed by atoms with E-state index in [4.69, 9.17) is 4.42 Å². The Kier molecular flexibility index (Phi) is 4.41. The van der Waals surface area contributed by atoms with E-state index in [2.05, 4.69) is 15.3 Å². The van der Waals surface area contributed by atoms with Gasteiger partial charge in [-0.15, -0.1) is 0 Å². The lowest BCUT2D eigenvalue weighted by Crippen LogP contribution is -2.25. The van der Waals surface area contributed by atoms with E-state index >= 15 is 0 Å². The molecule has 3 rings (SSSR count). The number of nitrogens with one attached hydrogen (secondary N) is 1. The third-order valence-corrected chi connectivity index (χ3v) is 4.81. The first-order chi connectivity index (χ1) is 11.8. The number of benzene rings is 1. The van der Waals surface area contributed by atoms with E-state index < -0.39 is 10.0 Å². The number of hydrogen-bond acceptors (Lipinski definition) is 6. The lowest BCUT2D eigenvalue weighted by atomic mass is 10.2. The molecule has 9 heteroatoms. The zero-order valence-corrected chi connectivity index (χ0v) is 14.4. The molecule has 0 aliphatic carbocycles. The predicted molar refractivity (Wildman–Crippen MR) is 92.7 cm³/mol. The molecular formula is C16H16N4O4S. The molecule has 0 saturated carbocycles. The summed E-state index contributed by atoms with van der Waals surface area (Å²) in [7, 11) is -1.89. The molecule has 130 valence electrons. The highest BCUT2D eigenvalue weighted by Crippen LogP contribution is 2.16. The number of carbonyl (C=O) groups excluding carboxylic acids is 1. The molecule has 2 aromatic heterocycles. The molecule has 8 nitrogen and oxygen atoms in total. The number of aromatic nitrogens is 2. The summed E-state index contributed by atoms with van der Waals surface area (Å²) in [6.07, 6.45) is 2.73. The van der Waals surface area contributed by atoms with Crippen molar-refractivity contribution in [1.82, 2.24) is 15.3 Å². The second-order valence-electron chi connectivity index (χ2n) is 5.39. The number of hydrogen-bond donors (Lipinski definition) is 1. The van der Waals surface area contributed by atoms with Gasteiger partial charge in [-0.3, -0.25) is 9.10 Å². The Morgan fingerprint density at radius 2 is 1.96 bits per heavy atom. The topological polar surface area (TPSA) is 105 Å². The fourth-order valence-corrected chi connectivity index (χ4v) is 2.67. The zero-order chi connectivity index (χ0) is 18.0. The van der Waals surface area contributed by atoms with Gasteiger partial charge in [-0.1, -0.05) is 0 Å². The molecule has 1 amide bonds. The van der Waals surface area contributed by atoms with Crippen molar-refractivity contribution in [2.24, 2.45) is 0 Å².